The van der Waals surface area contributed by atoms with Crippen LogP contribution in [0.15, 0.2) is 12.2 Å². The summed E-state index contributed by atoms with van der Waals surface area (Å²) in [5.74, 6) is -1.83. The molecule has 5 nitrogen and oxygen atoms in total. The van der Waals surface area contributed by atoms with Crippen LogP contribution in [0.5, 0.6) is 0 Å². The van der Waals surface area contributed by atoms with Crippen molar-refractivity contribution in [2.75, 3.05) is 12.0 Å². The van der Waals surface area contributed by atoms with Gasteiger partial charge >= 0.3 is 5.97 Å². The van der Waals surface area contributed by atoms with Gasteiger partial charge in [0, 0.05) is 12.3 Å². The third-order valence-electron chi connectivity index (χ3n) is 5.97. The van der Waals surface area contributed by atoms with E-state index in [0.717, 1.165) is 44.3 Å². The molecular weight excluding hydrogens is 376 g/mol. The number of carboxylic acids is 1. The molecule has 0 amide bonds. The van der Waals surface area contributed by atoms with Crippen LogP contribution in [-0.4, -0.2) is 43.6 Å². The van der Waals surface area contributed by atoms with Crippen LogP contribution in [0.25, 0.3) is 0 Å². The number of rotatable bonds is 15. The fraction of sp³-hybridized carbons (Fsp3) is 0.864. The molecule has 0 heterocycles. The summed E-state index contributed by atoms with van der Waals surface area (Å²) >= 11 is -0.771. The summed E-state index contributed by atoms with van der Waals surface area (Å²) in [7, 11) is 0. The highest BCUT2D eigenvalue weighted by atomic mass is 32.2. The molecule has 0 aliphatic heterocycles. The fourth-order valence-electron chi connectivity index (χ4n) is 4.35. The Balaban J connectivity index is 2.43. The number of hydrogen-bond acceptors (Lipinski definition) is 4. The minimum absolute atomic E-state index is 0.133. The van der Waals surface area contributed by atoms with Gasteiger partial charge in [0.25, 0.3) is 5.79 Å². The smallest absolute Gasteiger partial charge is 0.364 e. The maximum atomic E-state index is 11.7. The summed E-state index contributed by atoms with van der Waals surface area (Å²) in [5, 5.41) is 27.4. The van der Waals surface area contributed by atoms with Crippen LogP contribution in [0.2, 0.25) is 0 Å². The summed E-state index contributed by atoms with van der Waals surface area (Å²) in [6.45, 7) is 2.22. The molecule has 0 saturated heterocycles. The quantitative estimate of drug-likeness (QED) is 0.160. The van der Waals surface area contributed by atoms with Gasteiger partial charge in [0.05, 0.1) is 6.26 Å². The van der Waals surface area contributed by atoms with Crippen molar-refractivity contribution in [3.05, 3.63) is 12.2 Å². The van der Waals surface area contributed by atoms with Gasteiger partial charge in [-0.1, -0.05) is 62.4 Å². The molecule has 1 fully saturated rings. The van der Waals surface area contributed by atoms with Crippen molar-refractivity contribution >= 4 is 17.1 Å². The Morgan fingerprint density at radius 1 is 1.11 bits per heavy atom. The van der Waals surface area contributed by atoms with Crippen LogP contribution in [0.4, 0.5) is 0 Å². The van der Waals surface area contributed by atoms with E-state index < -0.39 is 22.9 Å². The second-order valence-electron chi connectivity index (χ2n) is 8.41. The van der Waals surface area contributed by atoms with E-state index in [2.05, 4.69) is 19.1 Å². The van der Waals surface area contributed by atoms with Crippen molar-refractivity contribution in [2.45, 2.75) is 89.8 Å². The van der Waals surface area contributed by atoms with Crippen LogP contribution in [0, 0.1) is 17.8 Å². The van der Waals surface area contributed by atoms with Crippen LogP contribution in [-0.2, 0) is 16.0 Å². The summed E-state index contributed by atoms with van der Waals surface area (Å²) in [6.07, 6.45) is 18.1. The Morgan fingerprint density at radius 2 is 1.79 bits per heavy atom. The molecule has 1 aliphatic carbocycles. The molecule has 4 atom stereocenters. The monoisotopic (exact) mass is 416 g/mol. The molecule has 6 heteroatoms. The zero-order valence-electron chi connectivity index (χ0n) is 17.6. The predicted molar refractivity (Wildman–Crippen MR) is 114 cm³/mol. The molecule has 0 aromatic heterocycles. The summed E-state index contributed by atoms with van der Waals surface area (Å²) < 4.78 is 11.7. The molecular formula is C22H40O5S. The normalized spacial score (nSPS) is 24.1. The number of carboxylic acid groups (broad SMARTS) is 1. The van der Waals surface area contributed by atoms with Crippen LogP contribution < -0.4 is 0 Å². The van der Waals surface area contributed by atoms with Gasteiger partial charge in [0.15, 0.2) is 0 Å². The zero-order chi connectivity index (χ0) is 21.0. The number of hydrogen-bond donors (Lipinski definition) is 3. The maximum Gasteiger partial charge on any atom is 0.364 e. The van der Waals surface area contributed by atoms with Gasteiger partial charge in [0.2, 0.25) is 0 Å². The van der Waals surface area contributed by atoms with Gasteiger partial charge in [-0.25, -0.2) is 4.79 Å². The average Bonchev–Trinajstić information content (AvgIpc) is 2.98. The Hall–Kier alpha value is -0.560. The van der Waals surface area contributed by atoms with Crippen molar-refractivity contribution in [1.82, 2.24) is 0 Å². The van der Waals surface area contributed by atoms with Gasteiger partial charge < -0.3 is 19.9 Å². The first-order chi connectivity index (χ1) is 13.3. The van der Waals surface area contributed by atoms with Crippen LogP contribution >= 0.6 is 0 Å². The first-order valence-electron chi connectivity index (χ1n) is 10.9. The van der Waals surface area contributed by atoms with Crippen molar-refractivity contribution in [3.63, 3.8) is 0 Å². The van der Waals surface area contributed by atoms with E-state index in [0.29, 0.717) is 24.2 Å². The Kier molecular flexibility index (Phi) is 12.4. The van der Waals surface area contributed by atoms with E-state index in [1.54, 1.807) is 6.26 Å². The van der Waals surface area contributed by atoms with E-state index in [4.69, 9.17) is 5.11 Å². The average molecular weight is 417 g/mol. The lowest BCUT2D eigenvalue weighted by Gasteiger charge is -2.22. The molecule has 1 unspecified atom stereocenters. The number of carbonyl (C=O) groups is 1. The van der Waals surface area contributed by atoms with Gasteiger partial charge in [-0.05, 0) is 50.4 Å². The predicted octanol–water partition coefficient (Wildman–Crippen LogP) is 4.25. The van der Waals surface area contributed by atoms with Gasteiger partial charge in [-0.3, -0.25) is 0 Å². The van der Waals surface area contributed by atoms with E-state index in [-0.39, 0.29) is 6.42 Å². The molecule has 164 valence electrons. The maximum absolute atomic E-state index is 11.7. The fourth-order valence-corrected chi connectivity index (χ4v) is 5.34. The van der Waals surface area contributed by atoms with Gasteiger partial charge in [-0.15, -0.1) is 0 Å². The standard InChI is InChI=1S/C22H40O5S/c1-3-4-5-6-7-10-13-20-18(14-15-19(20)17-28(2)27)12-9-8-11-16-22(25,26)21(23)24/h10,13,18-20,25-26H,3-9,11-12,14-17H2,1-2H3,(H,23,24)/t18-,19+,20-,28?/m1/s1. The van der Waals surface area contributed by atoms with Crippen LogP contribution in [0.3, 0.4) is 0 Å². The van der Waals surface area contributed by atoms with Crippen molar-refractivity contribution in [2.24, 2.45) is 17.8 Å². The largest absolute Gasteiger partial charge is 0.617 e. The highest BCUT2D eigenvalue weighted by molar-refractivity contribution is 7.90. The third kappa shape index (κ3) is 9.77. The number of aliphatic carboxylic acids is 1. The number of unbranched alkanes of at least 4 members (excludes halogenated alkanes) is 6. The van der Waals surface area contributed by atoms with Crippen molar-refractivity contribution in [1.29, 1.82) is 0 Å². The Morgan fingerprint density at radius 3 is 2.43 bits per heavy atom. The lowest BCUT2D eigenvalue weighted by Crippen LogP contribution is -2.37. The molecule has 0 aromatic carbocycles. The highest BCUT2D eigenvalue weighted by Crippen LogP contribution is 2.41. The van der Waals surface area contributed by atoms with Crippen molar-refractivity contribution in [3.8, 4) is 0 Å². The minimum atomic E-state index is -2.60. The molecule has 28 heavy (non-hydrogen) atoms. The molecule has 0 aromatic rings. The van der Waals surface area contributed by atoms with Gasteiger partial charge in [-0.2, -0.15) is 0 Å². The van der Waals surface area contributed by atoms with Crippen LogP contribution in [0.1, 0.15) is 84.0 Å². The number of aliphatic hydroxyl groups is 2. The summed E-state index contributed by atoms with van der Waals surface area (Å²) in [6, 6.07) is 0. The Bertz CT molecular complexity index is 464. The molecule has 0 bridgehead atoms. The van der Waals surface area contributed by atoms with E-state index >= 15 is 0 Å². The topological polar surface area (TPSA) is 101 Å². The molecule has 1 saturated carbocycles. The molecule has 0 spiro atoms. The molecule has 0 radical (unpaired) electrons. The zero-order valence-corrected chi connectivity index (χ0v) is 18.5. The lowest BCUT2D eigenvalue weighted by atomic mass is 9.86. The first-order valence-corrected chi connectivity index (χ1v) is 12.7. The minimum Gasteiger partial charge on any atom is -0.617 e. The third-order valence-corrected chi connectivity index (χ3v) is 6.87. The highest BCUT2D eigenvalue weighted by Gasteiger charge is 2.36. The number of allylic oxidation sites excluding steroid dienone is 2. The lowest BCUT2D eigenvalue weighted by molar-refractivity contribution is -0.205. The molecule has 1 rings (SSSR count). The SMILES string of the molecule is CCCCCCC=C[C@@H]1[C@H](CCCCCC(O)(O)C(=O)O)CC[C@H]1C[S+](C)[O-]. The molecule has 1 aliphatic rings. The van der Waals surface area contributed by atoms with E-state index in [1.807, 2.05) is 0 Å². The van der Waals surface area contributed by atoms with E-state index in [9.17, 15) is 19.6 Å². The molecule has 3 N–H and O–H groups in total. The summed E-state index contributed by atoms with van der Waals surface area (Å²) in [5.41, 5.74) is 0. The van der Waals surface area contributed by atoms with Gasteiger partial charge in [0.1, 0.15) is 5.75 Å². The first kappa shape index (κ1) is 25.5. The van der Waals surface area contributed by atoms with Crippen molar-refractivity contribution < 1.29 is 24.7 Å². The summed E-state index contributed by atoms with van der Waals surface area (Å²) in [4.78, 5) is 10.7. The van der Waals surface area contributed by atoms with E-state index in [1.165, 1.54) is 25.7 Å². The second-order valence-corrected chi connectivity index (χ2v) is 9.89. The Labute approximate surface area is 173 Å². The second kappa shape index (κ2) is 13.6.